The second-order valence-corrected chi connectivity index (χ2v) is 5.16. The monoisotopic (exact) mass is 237 g/mol. The van der Waals surface area contributed by atoms with Crippen LogP contribution >= 0.6 is 0 Å². The van der Waals surface area contributed by atoms with Gasteiger partial charge in [0.05, 0.1) is 12.0 Å². The molecule has 1 heterocycles. The van der Waals surface area contributed by atoms with Crippen LogP contribution in [0.4, 0.5) is 0 Å². The first-order valence-electron chi connectivity index (χ1n) is 6.91. The Labute approximate surface area is 105 Å². The minimum absolute atomic E-state index is 0.195. The number of nitrogens with zero attached hydrogens (tertiary/aromatic N) is 2. The summed E-state index contributed by atoms with van der Waals surface area (Å²) < 4.78 is 2.22. The molecule has 0 aliphatic carbocycles. The lowest BCUT2D eigenvalue weighted by molar-refractivity contribution is 0.390. The van der Waals surface area contributed by atoms with Crippen molar-refractivity contribution in [1.82, 2.24) is 9.55 Å². The van der Waals surface area contributed by atoms with Crippen LogP contribution in [-0.4, -0.2) is 15.6 Å². The van der Waals surface area contributed by atoms with Crippen molar-refractivity contribution in [2.24, 2.45) is 11.7 Å². The quantitative estimate of drug-likeness (QED) is 0.755. The molecule has 0 aromatic carbocycles. The van der Waals surface area contributed by atoms with E-state index >= 15 is 0 Å². The third-order valence-electron chi connectivity index (χ3n) is 3.23. The molecule has 0 saturated carbocycles. The van der Waals surface area contributed by atoms with Crippen LogP contribution in [-0.2, 0) is 13.0 Å². The van der Waals surface area contributed by atoms with Gasteiger partial charge in [0.2, 0.25) is 0 Å². The van der Waals surface area contributed by atoms with Crippen LogP contribution < -0.4 is 5.73 Å². The predicted octanol–water partition coefficient (Wildman–Crippen LogP) is 2.99. The summed E-state index contributed by atoms with van der Waals surface area (Å²) in [6.07, 6.45) is 10.2. The fourth-order valence-electron chi connectivity index (χ4n) is 2.16. The van der Waals surface area contributed by atoms with E-state index in [9.17, 15) is 0 Å². The van der Waals surface area contributed by atoms with Gasteiger partial charge in [-0.1, -0.05) is 33.1 Å². The molecule has 3 heteroatoms. The lowest BCUT2D eigenvalue weighted by Gasteiger charge is -2.14. The van der Waals surface area contributed by atoms with Crippen LogP contribution in [0.1, 0.15) is 52.1 Å². The molecule has 0 amide bonds. The smallest absolute Gasteiger partial charge is 0.0949 e. The molecule has 98 valence electrons. The van der Waals surface area contributed by atoms with E-state index in [4.69, 9.17) is 5.73 Å². The topological polar surface area (TPSA) is 43.8 Å². The normalized spacial score (nSPS) is 14.8. The van der Waals surface area contributed by atoms with E-state index < -0.39 is 0 Å². The third kappa shape index (κ3) is 5.35. The molecule has 1 aromatic rings. The molecule has 0 saturated heterocycles. The first-order valence-corrected chi connectivity index (χ1v) is 6.91. The van der Waals surface area contributed by atoms with Crippen LogP contribution in [0.25, 0.3) is 0 Å². The second-order valence-electron chi connectivity index (χ2n) is 5.16. The van der Waals surface area contributed by atoms with Crippen molar-refractivity contribution >= 4 is 0 Å². The first-order chi connectivity index (χ1) is 8.15. The Kier molecular flexibility index (Phi) is 6.27. The molecule has 0 spiro atoms. The van der Waals surface area contributed by atoms with Crippen molar-refractivity contribution in [1.29, 1.82) is 0 Å². The van der Waals surface area contributed by atoms with Crippen molar-refractivity contribution in [2.45, 2.75) is 65.5 Å². The number of hydrogen-bond donors (Lipinski definition) is 1. The zero-order valence-corrected chi connectivity index (χ0v) is 11.5. The van der Waals surface area contributed by atoms with E-state index in [1.165, 1.54) is 25.7 Å². The van der Waals surface area contributed by atoms with E-state index in [1.807, 2.05) is 13.3 Å². The number of nitrogens with two attached hydrogens (primary N) is 1. The molecule has 2 N–H and O–H groups in total. The molecule has 0 aliphatic heterocycles. The summed E-state index contributed by atoms with van der Waals surface area (Å²) in [5, 5.41) is 0. The van der Waals surface area contributed by atoms with Gasteiger partial charge in [-0.05, 0) is 19.3 Å². The van der Waals surface area contributed by atoms with Crippen molar-refractivity contribution in [2.75, 3.05) is 0 Å². The van der Waals surface area contributed by atoms with Gasteiger partial charge < -0.3 is 10.3 Å². The average Bonchev–Trinajstić information content (AvgIpc) is 2.70. The van der Waals surface area contributed by atoms with Crippen LogP contribution in [0.15, 0.2) is 12.5 Å². The number of hydrogen-bond acceptors (Lipinski definition) is 2. The summed E-state index contributed by atoms with van der Waals surface area (Å²) in [5.74, 6) is 0.785. The predicted molar refractivity (Wildman–Crippen MR) is 72.9 cm³/mol. The molecule has 0 bridgehead atoms. The highest BCUT2D eigenvalue weighted by molar-refractivity contribution is 4.98. The average molecular weight is 237 g/mol. The van der Waals surface area contributed by atoms with E-state index in [0.717, 1.165) is 24.6 Å². The fraction of sp³-hybridized carbons (Fsp3) is 0.786. The maximum absolute atomic E-state index is 5.78. The zero-order chi connectivity index (χ0) is 12.7. The number of unbranched alkanes of at least 4 members (excludes halogenated alkanes) is 1. The zero-order valence-electron chi connectivity index (χ0n) is 11.5. The number of rotatable bonds is 8. The number of aromatic nitrogens is 2. The van der Waals surface area contributed by atoms with Gasteiger partial charge in [-0.15, -0.1) is 0 Å². The highest BCUT2D eigenvalue weighted by Crippen LogP contribution is 2.15. The van der Waals surface area contributed by atoms with Gasteiger partial charge in [0.1, 0.15) is 0 Å². The van der Waals surface area contributed by atoms with Gasteiger partial charge in [-0.2, -0.15) is 0 Å². The fourth-order valence-corrected chi connectivity index (χ4v) is 2.16. The Bertz CT molecular complexity index is 304. The largest absolute Gasteiger partial charge is 0.337 e. The molecular formula is C14H27N3. The Balaban J connectivity index is 2.46. The van der Waals surface area contributed by atoms with Crippen molar-refractivity contribution in [3.63, 3.8) is 0 Å². The third-order valence-corrected chi connectivity index (χ3v) is 3.23. The van der Waals surface area contributed by atoms with E-state index in [2.05, 4.69) is 29.6 Å². The minimum Gasteiger partial charge on any atom is -0.337 e. The van der Waals surface area contributed by atoms with Gasteiger partial charge in [-0.3, -0.25) is 0 Å². The van der Waals surface area contributed by atoms with Crippen molar-refractivity contribution in [3.8, 4) is 0 Å². The van der Waals surface area contributed by atoms with Gasteiger partial charge in [0.15, 0.2) is 0 Å². The maximum Gasteiger partial charge on any atom is 0.0949 e. The van der Waals surface area contributed by atoms with Crippen molar-refractivity contribution < 1.29 is 0 Å². The molecule has 0 radical (unpaired) electrons. The Hall–Kier alpha value is -0.830. The lowest BCUT2D eigenvalue weighted by Crippen LogP contribution is -2.17. The molecule has 17 heavy (non-hydrogen) atoms. The van der Waals surface area contributed by atoms with E-state index in [1.54, 1.807) is 0 Å². The van der Waals surface area contributed by atoms with Crippen molar-refractivity contribution in [3.05, 3.63) is 18.2 Å². The summed E-state index contributed by atoms with van der Waals surface area (Å²) in [4.78, 5) is 4.41. The standard InChI is InChI=1S/C14H27N3/c1-4-6-7-13(5-2)9-17-10-14(16-11-17)8-12(3)15/h10-13H,4-9,15H2,1-3H3. The summed E-state index contributed by atoms with van der Waals surface area (Å²) in [5.41, 5.74) is 6.89. The molecular weight excluding hydrogens is 210 g/mol. The first kappa shape index (κ1) is 14.2. The van der Waals surface area contributed by atoms with Gasteiger partial charge >= 0.3 is 0 Å². The number of imidazole rings is 1. The summed E-state index contributed by atoms with van der Waals surface area (Å²) in [7, 11) is 0. The SMILES string of the molecule is CCCCC(CC)Cn1cnc(CC(C)N)c1. The van der Waals surface area contributed by atoms with E-state index in [-0.39, 0.29) is 6.04 Å². The molecule has 1 aromatic heterocycles. The van der Waals surface area contributed by atoms with Crippen LogP contribution in [0.3, 0.4) is 0 Å². The summed E-state index contributed by atoms with van der Waals surface area (Å²) in [6, 6.07) is 0.195. The highest BCUT2D eigenvalue weighted by atomic mass is 15.0. The Morgan fingerprint density at radius 3 is 2.76 bits per heavy atom. The molecule has 1 rings (SSSR count). The van der Waals surface area contributed by atoms with Gasteiger partial charge in [-0.25, -0.2) is 4.98 Å². The Morgan fingerprint density at radius 1 is 1.41 bits per heavy atom. The lowest BCUT2D eigenvalue weighted by atomic mass is 9.99. The van der Waals surface area contributed by atoms with Crippen LogP contribution in [0, 0.1) is 5.92 Å². The molecule has 2 unspecified atom stereocenters. The molecule has 0 fully saturated rings. The molecule has 0 aliphatic rings. The van der Waals surface area contributed by atoms with Crippen LogP contribution in [0.5, 0.6) is 0 Å². The Morgan fingerprint density at radius 2 is 2.18 bits per heavy atom. The van der Waals surface area contributed by atoms with Gasteiger partial charge in [0.25, 0.3) is 0 Å². The van der Waals surface area contributed by atoms with E-state index in [0.29, 0.717) is 0 Å². The highest BCUT2D eigenvalue weighted by Gasteiger charge is 2.08. The summed E-state index contributed by atoms with van der Waals surface area (Å²) >= 11 is 0. The summed E-state index contributed by atoms with van der Waals surface area (Å²) in [6.45, 7) is 7.66. The van der Waals surface area contributed by atoms with Crippen LogP contribution in [0.2, 0.25) is 0 Å². The minimum atomic E-state index is 0.195. The van der Waals surface area contributed by atoms with Gasteiger partial charge in [0, 0.05) is 25.2 Å². The molecule has 3 nitrogen and oxygen atoms in total. The second kappa shape index (κ2) is 7.49. The molecule has 2 atom stereocenters. The maximum atomic E-state index is 5.78.